The lowest BCUT2D eigenvalue weighted by atomic mass is 9.98. The average Bonchev–Trinajstić information content (AvgIpc) is 3.29. The lowest BCUT2D eigenvalue weighted by Crippen LogP contribution is -2.50. The van der Waals surface area contributed by atoms with Crippen molar-refractivity contribution >= 4 is 40.7 Å². The van der Waals surface area contributed by atoms with Gasteiger partial charge < -0.3 is 34.6 Å². The summed E-state index contributed by atoms with van der Waals surface area (Å²) >= 11 is 0. The highest BCUT2D eigenvalue weighted by molar-refractivity contribution is 6.13. The van der Waals surface area contributed by atoms with Gasteiger partial charge in [-0.3, -0.25) is 19.2 Å². The molecular formula is C42H48N6O5. The zero-order chi connectivity index (χ0) is 37.5. The molecule has 2 heterocycles. The Hall–Kier alpha value is -5.52. The maximum atomic E-state index is 14.3. The van der Waals surface area contributed by atoms with Crippen molar-refractivity contribution in [1.82, 2.24) is 14.7 Å². The van der Waals surface area contributed by atoms with Crippen molar-refractivity contribution in [2.45, 2.75) is 19.8 Å². The Morgan fingerprint density at radius 2 is 1.53 bits per heavy atom. The smallest absolute Gasteiger partial charge is 0.258 e. The molecule has 4 amide bonds. The number of nitrogens with one attached hydrogen (secondary N) is 1. The monoisotopic (exact) mass is 716 g/mol. The van der Waals surface area contributed by atoms with E-state index in [-0.39, 0.29) is 43.1 Å². The number of rotatable bonds is 11. The molecule has 53 heavy (non-hydrogen) atoms. The van der Waals surface area contributed by atoms with Crippen LogP contribution in [0.25, 0.3) is 11.1 Å². The highest BCUT2D eigenvalue weighted by Crippen LogP contribution is 2.35. The number of ether oxygens (including phenoxy) is 1. The lowest BCUT2D eigenvalue weighted by molar-refractivity contribution is -0.132. The molecule has 0 bridgehead atoms. The summed E-state index contributed by atoms with van der Waals surface area (Å²) in [5, 5.41) is 3.04. The number of fused-ring (bicyclic) bond motifs is 1. The zero-order valence-corrected chi connectivity index (χ0v) is 31.0. The van der Waals surface area contributed by atoms with Crippen LogP contribution in [0.1, 0.15) is 39.1 Å². The second-order valence-electron chi connectivity index (χ2n) is 13.9. The van der Waals surface area contributed by atoms with E-state index in [9.17, 15) is 19.2 Å². The number of hydrogen-bond donors (Lipinski definition) is 1. The molecule has 0 atom stereocenters. The molecule has 1 fully saturated rings. The van der Waals surface area contributed by atoms with Crippen LogP contribution in [0.3, 0.4) is 0 Å². The summed E-state index contributed by atoms with van der Waals surface area (Å²) < 4.78 is 6.25. The molecule has 0 aromatic heterocycles. The first-order valence-corrected chi connectivity index (χ1v) is 18.2. The van der Waals surface area contributed by atoms with Gasteiger partial charge in [-0.15, -0.1) is 0 Å². The number of hydrogen-bond acceptors (Lipinski definition) is 7. The Labute approximate surface area is 311 Å². The second kappa shape index (κ2) is 16.9. The molecule has 1 saturated heterocycles. The Morgan fingerprint density at radius 3 is 2.26 bits per heavy atom. The van der Waals surface area contributed by atoms with Gasteiger partial charge in [0, 0.05) is 56.8 Å². The van der Waals surface area contributed by atoms with E-state index >= 15 is 0 Å². The second-order valence-corrected chi connectivity index (χ2v) is 13.9. The average molecular weight is 717 g/mol. The van der Waals surface area contributed by atoms with E-state index in [1.807, 2.05) is 82.7 Å². The molecule has 0 aliphatic carbocycles. The number of aryl methyl sites for hydroxylation is 1. The van der Waals surface area contributed by atoms with E-state index in [0.29, 0.717) is 53.6 Å². The van der Waals surface area contributed by atoms with Gasteiger partial charge >= 0.3 is 0 Å². The third kappa shape index (κ3) is 8.93. The van der Waals surface area contributed by atoms with Gasteiger partial charge in [0.15, 0.2) is 0 Å². The molecule has 276 valence electrons. The van der Waals surface area contributed by atoms with Crippen molar-refractivity contribution in [1.29, 1.82) is 0 Å². The normalized spacial score (nSPS) is 14.9. The summed E-state index contributed by atoms with van der Waals surface area (Å²) in [6, 6.07) is 27.7. The van der Waals surface area contributed by atoms with E-state index in [4.69, 9.17) is 4.74 Å². The fraction of sp³-hybridized carbons (Fsp3) is 0.333. The van der Waals surface area contributed by atoms with Crippen LogP contribution in [0.5, 0.6) is 5.75 Å². The van der Waals surface area contributed by atoms with Crippen molar-refractivity contribution < 1.29 is 23.9 Å². The van der Waals surface area contributed by atoms with Crippen LogP contribution in [0.15, 0.2) is 91.0 Å². The van der Waals surface area contributed by atoms with E-state index in [1.165, 1.54) is 4.90 Å². The summed E-state index contributed by atoms with van der Waals surface area (Å²) in [6.45, 7) is 6.03. The van der Waals surface area contributed by atoms with Gasteiger partial charge in [-0.2, -0.15) is 0 Å². The summed E-state index contributed by atoms with van der Waals surface area (Å²) in [5.41, 5.74) is 5.22. The van der Waals surface area contributed by atoms with Crippen LogP contribution in [0.4, 0.5) is 17.1 Å². The number of nitrogens with zero attached hydrogens (tertiary/aromatic N) is 5. The number of carbonyl (C=O) groups is 4. The first-order chi connectivity index (χ1) is 25.6. The van der Waals surface area contributed by atoms with Gasteiger partial charge in [0.05, 0.1) is 23.7 Å². The maximum Gasteiger partial charge on any atom is 0.258 e. The molecule has 0 radical (unpaired) electrons. The Morgan fingerprint density at radius 1 is 0.830 bits per heavy atom. The minimum Gasteiger partial charge on any atom is -0.491 e. The molecule has 1 N–H and O–H groups in total. The minimum atomic E-state index is -0.321. The van der Waals surface area contributed by atoms with E-state index < -0.39 is 0 Å². The molecule has 4 aromatic carbocycles. The van der Waals surface area contributed by atoms with Crippen molar-refractivity contribution in [2.24, 2.45) is 0 Å². The third-order valence-corrected chi connectivity index (χ3v) is 9.73. The van der Waals surface area contributed by atoms with Gasteiger partial charge in [0.25, 0.3) is 11.8 Å². The number of benzene rings is 4. The predicted octanol–water partition coefficient (Wildman–Crippen LogP) is 5.40. The Balaban J connectivity index is 1.27. The summed E-state index contributed by atoms with van der Waals surface area (Å²) in [6.07, 6.45) is 0.790. The van der Waals surface area contributed by atoms with E-state index in [1.54, 1.807) is 46.2 Å². The first-order valence-electron chi connectivity index (χ1n) is 18.2. The number of para-hydroxylation sites is 2. The van der Waals surface area contributed by atoms with Gasteiger partial charge in [0.1, 0.15) is 12.3 Å². The SMILES string of the molecule is Cc1ccc(-c2ccccc2C(=O)Nc2ccc(C(=O)N3CCC(=O)N(CC(=O)N4CCN(C)CC4)c4ccccc43)cc2OCCCN(C)C)cc1. The predicted molar refractivity (Wildman–Crippen MR) is 209 cm³/mol. The maximum absolute atomic E-state index is 14.3. The molecule has 2 aliphatic rings. The van der Waals surface area contributed by atoms with Crippen LogP contribution in [0, 0.1) is 6.92 Å². The lowest BCUT2D eigenvalue weighted by Gasteiger charge is -2.34. The standard InChI is InChI=1S/C42H48N6O5/c1-30-14-16-31(17-15-30)33-10-5-6-11-34(33)41(51)43-35-19-18-32(28-38(35)53-27-9-21-44(2)3)42(52)47-22-20-39(49)48(37-13-8-7-12-36(37)47)29-40(50)46-25-23-45(4)24-26-46/h5-8,10-19,28H,9,20-27,29H2,1-4H3,(H,43,51). The molecule has 11 nitrogen and oxygen atoms in total. The summed E-state index contributed by atoms with van der Waals surface area (Å²) in [5.74, 6) is -0.586. The minimum absolute atomic E-state index is 0.0544. The molecule has 0 saturated carbocycles. The fourth-order valence-electron chi connectivity index (χ4n) is 6.65. The van der Waals surface area contributed by atoms with Crippen molar-refractivity contribution in [3.63, 3.8) is 0 Å². The largest absolute Gasteiger partial charge is 0.491 e. The summed E-state index contributed by atoms with van der Waals surface area (Å²) in [4.78, 5) is 64.2. The highest BCUT2D eigenvalue weighted by atomic mass is 16.5. The van der Waals surface area contributed by atoms with Crippen LogP contribution >= 0.6 is 0 Å². The van der Waals surface area contributed by atoms with Crippen molar-refractivity contribution in [3.05, 3.63) is 108 Å². The number of piperazine rings is 1. The highest BCUT2D eigenvalue weighted by Gasteiger charge is 2.32. The quantitative estimate of drug-likeness (QED) is 0.207. The van der Waals surface area contributed by atoms with Crippen molar-refractivity contribution in [3.8, 4) is 16.9 Å². The third-order valence-electron chi connectivity index (χ3n) is 9.73. The topological polar surface area (TPSA) is 106 Å². The van der Waals surface area contributed by atoms with Crippen LogP contribution in [-0.4, -0.2) is 112 Å². The summed E-state index contributed by atoms with van der Waals surface area (Å²) in [7, 11) is 6.01. The van der Waals surface area contributed by atoms with E-state index in [2.05, 4.69) is 15.1 Å². The fourth-order valence-corrected chi connectivity index (χ4v) is 6.65. The van der Waals surface area contributed by atoms with Gasteiger partial charge in [-0.1, -0.05) is 60.2 Å². The van der Waals surface area contributed by atoms with Crippen molar-refractivity contribution in [2.75, 3.05) is 88.7 Å². The molecule has 0 spiro atoms. The molecule has 2 aliphatic heterocycles. The number of likely N-dealkylation sites (N-methyl/N-ethyl adjacent to an activating group) is 1. The zero-order valence-electron chi connectivity index (χ0n) is 31.0. The molecule has 11 heteroatoms. The molecule has 0 unspecified atom stereocenters. The van der Waals surface area contributed by atoms with E-state index in [0.717, 1.165) is 42.7 Å². The van der Waals surface area contributed by atoms with Crippen LogP contribution in [-0.2, 0) is 9.59 Å². The molecule has 6 rings (SSSR count). The van der Waals surface area contributed by atoms with Crippen LogP contribution in [0.2, 0.25) is 0 Å². The van der Waals surface area contributed by atoms with Gasteiger partial charge in [-0.05, 0) is 82.0 Å². The number of carbonyl (C=O) groups excluding carboxylic acids is 4. The molecular weight excluding hydrogens is 668 g/mol. The Bertz CT molecular complexity index is 1950. The van der Waals surface area contributed by atoms with Crippen LogP contribution < -0.4 is 19.9 Å². The van der Waals surface area contributed by atoms with Gasteiger partial charge in [0.2, 0.25) is 11.8 Å². The Kier molecular flexibility index (Phi) is 11.9. The van der Waals surface area contributed by atoms with Gasteiger partial charge in [-0.25, -0.2) is 0 Å². The first kappa shape index (κ1) is 37.2. The number of amides is 4. The number of anilines is 3. The molecule has 4 aromatic rings.